The Kier molecular flexibility index (Phi) is 8.14. The zero-order valence-electron chi connectivity index (χ0n) is 12.3. The molecule has 112 valence electrons. The van der Waals surface area contributed by atoms with E-state index in [1.807, 2.05) is 27.7 Å². The van der Waals surface area contributed by atoms with Crippen LogP contribution in [0.1, 0.15) is 47.0 Å². The van der Waals surface area contributed by atoms with E-state index in [4.69, 9.17) is 9.84 Å². The van der Waals surface area contributed by atoms with Gasteiger partial charge in [0.15, 0.2) is 0 Å². The molecule has 0 radical (unpaired) electrons. The van der Waals surface area contributed by atoms with Crippen LogP contribution in [0, 0.1) is 0 Å². The third kappa shape index (κ3) is 8.42. The number of carbonyl (C=O) groups is 2. The minimum absolute atomic E-state index is 0.326. The van der Waals surface area contributed by atoms with Crippen LogP contribution < -0.4 is 10.6 Å². The number of carboxylic acids is 1. The van der Waals surface area contributed by atoms with E-state index in [-0.39, 0.29) is 0 Å². The molecule has 1 atom stereocenters. The number of carboxylic acid groups (broad SMARTS) is 1. The van der Waals surface area contributed by atoms with Gasteiger partial charge in [0.1, 0.15) is 6.04 Å². The van der Waals surface area contributed by atoms with Crippen LogP contribution in [0.5, 0.6) is 0 Å². The number of hydrogen-bond acceptors (Lipinski definition) is 3. The van der Waals surface area contributed by atoms with Crippen molar-refractivity contribution < 1.29 is 19.4 Å². The molecular weight excluding hydrogens is 248 g/mol. The molecule has 0 rings (SSSR count). The maximum atomic E-state index is 11.6. The molecule has 2 amide bonds. The van der Waals surface area contributed by atoms with Gasteiger partial charge in [0.25, 0.3) is 0 Å². The van der Waals surface area contributed by atoms with Gasteiger partial charge in [0.2, 0.25) is 0 Å². The number of aliphatic carboxylic acids is 1. The molecule has 0 aromatic rings. The predicted molar refractivity (Wildman–Crippen MR) is 73.2 cm³/mol. The van der Waals surface area contributed by atoms with Gasteiger partial charge < -0.3 is 20.5 Å². The van der Waals surface area contributed by atoms with Crippen molar-refractivity contribution in [2.75, 3.05) is 13.2 Å². The van der Waals surface area contributed by atoms with Crippen LogP contribution in [0.2, 0.25) is 0 Å². The van der Waals surface area contributed by atoms with Gasteiger partial charge in [-0.1, -0.05) is 19.8 Å². The molecule has 0 heterocycles. The van der Waals surface area contributed by atoms with E-state index in [0.29, 0.717) is 19.6 Å². The van der Waals surface area contributed by atoms with Crippen molar-refractivity contribution >= 4 is 12.0 Å². The molecule has 0 aromatic heterocycles. The number of carbonyl (C=O) groups excluding carboxylic acids is 1. The SMILES string of the molecule is CCCC[C@H](NC(=O)NCC(C)(C)OCC)C(=O)O. The third-order valence-electron chi connectivity index (χ3n) is 2.66. The van der Waals surface area contributed by atoms with Crippen molar-refractivity contribution in [2.45, 2.75) is 58.6 Å². The van der Waals surface area contributed by atoms with Gasteiger partial charge in [-0.3, -0.25) is 0 Å². The summed E-state index contributed by atoms with van der Waals surface area (Å²) in [5.41, 5.74) is -0.464. The number of urea groups is 1. The normalized spacial score (nSPS) is 12.8. The Morgan fingerprint density at radius 3 is 2.42 bits per heavy atom. The summed E-state index contributed by atoms with van der Waals surface area (Å²) in [7, 11) is 0. The van der Waals surface area contributed by atoms with Gasteiger partial charge in [0.05, 0.1) is 5.60 Å². The fraction of sp³-hybridized carbons (Fsp3) is 0.846. The lowest BCUT2D eigenvalue weighted by atomic mass is 10.1. The summed E-state index contributed by atoms with van der Waals surface area (Å²) < 4.78 is 5.44. The molecule has 19 heavy (non-hydrogen) atoms. The van der Waals surface area contributed by atoms with E-state index in [9.17, 15) is 9.59 Å². The van der Waals surface area contributed by atoms with E-state index in [1.54, 1.807) is 0 Å². The monoisotopic (exact) mass is 274 g/mol. The molecule has 0 fully saturated rings. The molecule has 6 nitrogen and oxygen atoms in total. The number of hydrogen-bond donors (Lipinski definition) is 3. The van der Waals surface area contributed by atoms with Crippen LogP contribution in [0.15, 0.2) is 0 Å². The molecule has 6 heteroatoms. The Morgan fingerprint density at radius 1 is 1.32 bits per heavy atom. The highest BCUT2D eigenvalue weighted by atomic mass is 16.5. The largest absolute Gasteiger partial charge is 0.480 e. The molecule has 0 aliphatic heterocycles. The maximum Gasteiger partial charge on any atom is 0.326 e. The van der Waals surface area contributed by atoms with Gasteiger partial charge in [-0.15, -0.1) is 0 Å². The predicted octanol–water partition coefficient (Wildman–Crippen LogP) is 1.74. The standard InChI is InChI=1S/C13H26N2O4/c1-5-7-8-10(11(16)17)15-12(18)14-9-13(3,4)19-6-2/h10H,5-9H2,1-4H3,(H,16,17)(H2,14,15,18)/t10-/m0/s1. The van der Waals surface area contributed by atoms with E-state index >= 15 is 0 Å². The second-order valence-corrected chi connectivity index (χ2v) is 5.05. The topological polar surface area (TPSA) is 87.7 Å². The van der Waals surface area contributed by atoms with Crippen molar-refractivity contribution in [1.82, 2.24) is 10.6 Å². The molecule has 0 aliphatic rings. The van der Waals surface area contributed by atoms with E-state index < -0.39 is 23.6 Å². The van der Waals surface area contributed by atoms with Crippen LogP contribution >= 0.6 is 0 Å². The summed E-state index contributed by atoms with van der Waals surface area (Å²) in [5, 5.41) is 14.1. The van der Waals surface area contributed by atoms with Crippen LogP contribution in [0.4, 0.5) is 4.79 Å². The molecule has 0 saturated heterocycles. The summed E-state index contributed by atoms with van der Waals surface area (Å²) in [4.78, 5) is 22.6. The zero-order valence-corrected chi connectivity index (χ0v) is 12.3. The smallest absolute Gasteiger partial charge is 0.326 e. The van der Waals surface area contributed by atoms with Crippen LogP contribution in [-0.2, 0) is 9.53 Å². The number of ether oxygens (including phenoxy) is 1. The van der Waals surface area contributed by atoms with Crippen molar-refractivity contribution in [2.24, 2.45) is 0 Å². The Morgan fingerprint density at radius 2 is 1.95 bits per heavy atom. The van der Waals surface area contributed by atoms with Gasteiger partial charge in [-0.25, -0.2) is 9.59 Å². The average molecular weight is 274 g/mol. The first kappa shape index (κ1) is 17.7. The Hall–Kier alpha value is -1.30. The first-order chi connectivity index (χ1) is 8.82. The van der Waals surface area contributed by atoms with Crippen LogP contribution in [0.3, 0.4) is 0 Å². The fourth-order valence-electron chi connectivity index (χ4n) is 1.61. The van der Waals surface area contributed by atoms with Crippen molar-refractivity contribution in [3.05, 3.63) is 0 Å². The lowest BCUT2D eigenvalue weighted by Crippen LogP contribution is -2.49. The van der Waals surface area contributed by atoms with Crippen molar-refractivity contribution in [3.8, 4) is 0 Å². The minimum Gasteiger partial charge on any atom is -0.480 e. The summed E-state index contributed by atoms with van der Waals surface area (Å²) in [6.45, 7) is 8.47. The molecule has 0 saturated carbocycles. The first-order valence-corrected chi connectivity index (χ1v) is 6.73. The Balaban J connectivity index is 4.16. The first-order valence-electron chi connectivity index (χ1n) is 6.73. The Labute approximate surface area is 114 Å². The number of rotatable bonds is 9. The van der Waals surface area contributed by atoms with Gasteiger partial charge in [0, 0.05) is 13.2 Å². The van der Waals surface area contributed by atoms with Crippen LogP contribution in [-0.4, -0.2) is 41.9 Å². The fourth-order valence-corrected chi connectivity index (χ4v) is 1.61. The molecular formula is C13H26N2O4. The zero-order chi connectivity index (χ0) is 14.9. The number of amides is 2. The molecule has 0 aromatic carbocycles. The summed E-state index contributed by atoms with van der Waals surface area (Å²) in [5.74, 6) is -1.01. The second-order valence-electron chi connectivity index (χ2n) is 5.05. The maximum absolute atomic E-state index is 11.6. The second kappa shape index (κ2) is 8.74. The third-order valence-corrected chi connectivity index (χ3v) is 2.66. The van der Waals surface area contributed by atoms with Crippen LogP contribution in [0.25, 0.3) is 0 Å². The summed E-state index contributed by atoms with van der Waals surface area (Å²) in [6.07, 6.45) is 2.10. The van der Waals surface area contributed by atoms with Gasteiger partial charge in [-0.2, -0.15) is 0 Å². The molecule has 0 bridgehead atoms. The molecule has 0 aliphatic carbocycles. The minimum atomic E-state index is -1.01. The molecule has 3 N–H and O–H groups in total. The van der Waals surface area contributed by atoms with Crippen molar-refractivity contribution in [3.63, 3.8) is 0 Å². The van der Waals surface area contributed by atoms with E-state index in [1.165, 1.54) is 0 Å². The highest BCUT2D eigenvalue weighted by molar-refractivity contribution is 5.82. The average Bonchev–Trinajstić information content (AvgIpc) is 2.31. The van der Waals surface area contributed by atoms with Gasteiger partial charge >= 0.3 is 12.0 Å². The van der Waals surface area contributed by atoms with Gasteiger partial charge in [-0.05, 0) is 27.2 Å². The summed E-state index contributed by atoms with van der Waals surface area (Å²) in [6, 6.07) is -1.31. The number of unbranched alkanes of at least 4 members (excludes halogenated alkanes) is 1. The van der Waals surface area contributed by atoms with Crippen molar-refractivity contribution in [1.29, 1.82) is 0 Å². The highest BCUT2D eigenvalue weighted by Crippen LogP contribution is 2.06. The lowest BCUT2D eigenvalue weighted by Gasteiger charge is -2.25. The Bertz CT molecular complexity index is 292. The number of nitrogens with one attached hydrogen (secondary N) is 2. The van der Waals surface area contributed by atoms with E-state index in [0.717, 1.165) is 12.8 Å². The molecule has 0 spiro atoms. The lowest BCUT2D eigenvalue weighted by molar-refractivity contribution is -0.139. The summed E-state index contributed by atoms with van der Waals surface area (Å²) >= 11 is 0. The molecule has 0 unspecified atom stereocenters. The quantitative estimate of drug-likeness (QED) is 0.597. The highest BCUT2D eigenvalue weighted by Gasteiger charge is 2.22. The van der Waals surface area contributed by atoms with E-state index in [2.05, 4.69) is 10.6 Å².